The minimum absolute atomic E-state index is 0.254. The van der Waals surface area contributed by atoms with Gasteiger partial charge in [0, 0.05) is 23.1 Å². The first-order valence-corrected chi connectivity index (χ1v) is 6.64. The Labute approximate surface area is 115 Å². The van der Waals surface area contributed by atoms with Crippen molar-refractivity contribution in [3.05, 3.63) is 36.0 Å². The van der Waals surface area contributed by atoms with Crippen LogP contribution in [0.25, 0.3) is 10.9 Å². The van der Waals surface area contributed by atoms with Crippen LogP contribution in [0.5, 0.6) is 0 Å². The van der Waals surface area contributed by atoms with E-state index in [1.54, 1.807) is 0 Å². The second-order valence-electron chi connectivity index (χ2n) is 5.06. The molecular weight excluding hydrogens is 252 g/mol. The SMILES string of the molecule is Nc1nc(Nc2cc(C3CC3)[nH]n2)c2ccccc2n1. The highest BCUT2D eigenvalue weighted by Crippen LogP contribution is 2.39. The Morgan fingerprint density at radius 2 is 2.05 bits per heavy atom. The smallest absolute Gasteiger partial charge is 0.222 e. The molecule has 1 aliphatic rings. The van der Waals surface area contributed by atoms with Crippen LogP contribution in [-0.4, -0.2) is 20.2 Å². The highest BCUT2D eigenvalue weighted by molar-refractivity contribution is 5.91. The molecule has 6 heteroatoms. The molecule has 100 valence electrons. The summed E-state index contributed by atoms with van der Waals surface area (Å²) in [6.45, 7) is 0. The van der Waals surface area contributed by atoms with Gasteiger partial charge < -0.3 is 11.1 Å². The molecule has 0 spiro atoms. The zero-order chi connectivity index (χ0) is 13.5. The van der Waals surface area contributed by atoms with Crippen LogP contribution in [0.3, 0.4) is 0 Å². The Balaban J connectivity index is 1.73. The number of H-pyrrole nitrogens is 1. The van der Waals surface area contributed by atoms with E-state index in [1.165, 1.54) is 18.5 Å². The van der Waals surface area contributed by atoms with Gasteiger partial charge in [0.25, 0.3) is 0 Å². The number of hydrogen-bond donors (Lipinski definition) is 3. The summed E-state index contributed by atoms with van der Waals surface area (Å²) in [6, 6.07) is 9.79. The number of aromatic nitrogens is 4. The standard InChI is InChI=1S/C14H14N6/c15-14-16-10-4-2-1-3-9(10)13(18-14)17-12-7-11(19-20-12)8-5-6-8/h1-4,7-8H,5-6H2,(H4,15,16,17,18,19,20). The number of rotatable bonds is 3. The van der Waals surface area contributed by atoms with Crippen molar-refractivity contribution in [2.24, 2.45) is 0 Å². The van der Waals surface area contributed by atoms with Gasteiger partial charge >= 0.3 is 0 Å². The summed E-state index contributed by atoms with van der Waals surface area (Å²) in [7, 11) is 0. The predicted octanol–water partition coefficient (Wildman–Crippen LogP) is 2.56. The van der Waals surface area contributed by atoms with Crippen molar-refractivity contribution < 1.29 is 0 Å². The van der Waals surface area contributed by atoms with Crippen LogP contribution in [0.1, 0.15) is 24.5 Å². The fourth-order valence-corrected chi connectivity index (χ4v) is 2.32. The molecule has 0 unspecified atom stereocenters. The molecule has 0 saturated heterocycles. The van der Waals surface area contributed by atoms with Gasteiger partial charge in [-0.2, -0.15) is 10.1 Å². The molecule has 1 saturated carbocycles. The van der Waals surface area contributed by atoms with E-state index >= 15 is 0 Å². The second kappa shape index (κ2) is 4.19. The fraction of sp³-hybridized carbons (Fsp3) is 0.214. The van der Waals surface area contributed by atoms with E-state index in [9.17, 15) is 0 Å². The number of benzene rings is 1. The van der Waals surface area contributed by atoms with Gasteiger partial charge in [0.05, 0.1) is 5.52 Å². The van der Waals surface area contributed by atoms with Gasteiger partial charge in [-0.3, -0.25) is 5.10 Å². The second-order valence-corrected chi connectivity index (χ2v) is 5.06. The molecule has 1 fully saturated rings. The van der Waals surface area contributed by atoms with E-state index in [-0.39, 0.29) is 5.95 Å². The number of hydrogen-bond acceptors (Lipinski definition) is 5. The third-order valence-corrected chi connectivity index (χ3v) is 3.48. The van der Waals surface area contributed by atoms with Crippen LogP contribution in [0.2, 0.25) is 0 Å². The van der Waals surface area contributed by atoms with Crippen molar-refractivity contribution in [3.8, 4) is 0 Å². The molecule has 3 aromatic rings. The number of aromatic amines is 1. The van der Waals surface area contributed by atoms with Gasteiger partial charge in [-0.15, -0.1) is 0 Å². The number of nitrogens with two attached hydrogens (primary N) is 1. The highest BCUT2D eigenvalue weighted by atomic mass is 15.2. The van der Waals surface area contributed by atoms with Crippen molar-refractivity contribution in [2.75, 3.05) is 11.1 Å². The fourth-order valence-electron chi connectivity index (χ4n) is 2.32. The minimum Gasteiger partial charge on any atom is -0.368 e. The monoisotopic (exact) mass is 266 g/mol. The summed E-state index contributed by atoms with van der Waals surface area (Å²) in [5.74, 6) is 2.34. The van der Waals surface area contributed by atoms with Gasteiger partial charge in [0.2, 0.25) is 5.95 Å². The zero-order valence-corrected chi connectivity index (χ0v) is 10.8. The van der Waals surface area contributed by atoms with Gasteiger partial charge in [-0.25, -0.2) is 4.98 Å². The van der Waals surface area contributed by atoms with Crippen molar-refractivity contribution >= 4 is 28.5 Å². The van der Waals surface area contributed by atoms with Crippen molar-refractivity contribution in [1.82, 2.24) is 20.2 Å². The van der Waals surface area contributed by atoms with E-state index in [0.717, 1.165) is 16.7 Å². The Morgan fingerprint density at radius 3 is 2.90 bits per heavy atom. The number of nitrogen functional groups attached to an aromatic ring is 1. The maximum Gasteiger partial charge on any atom is 0.222 e. The minimum atomic E-state index is 0.254. The topological polar surface area (TPSA) is 92.5 Å². The van der Waals surface area contributed by atoms with E-state index in [1.807, 2.05) is 30.3 Å². The molecule has 6 nitrogen and oxygen atoms in total. The lowest BCUT2D eigenvalue weighted by Crippen LogP contribution is -2.01. The van der Waals surface area contributed by atoms with Gasteiger partial charge in [0.1, 0.15) is 5.82 Å². The van der Waals surface area contributed by atoms with E-state index < -0.39 is 0 Å². The molecule has 0 atom stereocenters. The van der Waals surface area contributed by atoms with Crippen LogP contribution < -0.4 is 11.1 Å². The Morgan fingerprint density at radius 1 is 1.20 bits per heavy atom. The first-order valence-electron chi connectivity index (χ1n) is 6.64. The quantitative estimate of drug-likeness (QED) is 0.677. The van der Waals surface area contributed by atoms with Gasteiger partial charge in [0.15, 0.2) is 5.82 Å². The third-order valence-electron chi connectivity index (χ3n) is 3.48. The summed E-state index contributed by atoms with van der Waals surface area (Å²) in [6.07, 6.45) is 2.48. The van der Waals surface area contributed by atoms with Crippen LogP contribution in [0.15, 0.2) is 30.3 Å². The number of para-hydroxylation sites is 1. The first-order chi connectivity index (χ1) is 9.79. The summed E-state index contributed by atoms with van der Waals surface area (Å²) < 4.78 is 0. The molecule has 4 N–H and O–H groups in total. The molecule has 2 aromatic heterocycles. The first kappa shape index (κ1) is 11.2. The summed E-state index contributed by atoms with van der Waals surface area (Å²) >= 11 is 0. The normalized spacial score (nSPS) is 14.6. The molecule has 20 heavy (non-hydrogen) atoms. The summed E-state index contributed by atoms with van der Waals surface area (Å²) in [5, 5.41) is 11.5. The number of nitrogens with zero attached hydrogens (tertiary/aromatic N) is 3. The molecule has 0 amide bonds. The molecule has 0 bridgehead atoms. The number of nitrogens with one attached hydrogen (secondary N) is 2. The van der Waals surface area contributed by atoms with E-state index in [2.05, 4.69) is 25.5 Å². The maximum atomic E-state index is 5.75. The van der Waals surface area contributed by atoms with E-state index in [4.69, 9.17) is 5.73 Å². The molecule has 2 heterocycles. The van der Waals surface area contributed by atoms with Crippen LogP contribution in [-0.2, 0) is 0 Å². The molecule has 0 aliphatic heterocycles. The molecule has 1 aliphatic carbocycles. The van der Waals surface area contributed by atoms with Gasteiger partial charge in [-0.05, 0) is 25.0 Å². The average Bonchev–Trinajstić information content (AvgIpc) is 3.19. The number of fused-ring (bicyclic) bond motifs is 1. The van der Waals surface area contributed by atoms with Crippen molar-refractivity contribution in [1.29, 1.82) is 0 Å². The predicted molar refractivity (Wildman–Crippen MR) is 77.8 cm³/mol. The highest BCUT2D eigenvalue weighted by Gasteiger charge is 2.25. The Hall–Kier alpha value is -2.63. The Kier molecular flexibility index (Phi) is 2.35. The summed E-state index contributed by atoms with van der Waals surface area (Å²) in [5.41, 5.74) is 7.75. The number of anilines is 3. The van der Waals surface area contributed by atoms with Crippen LogP contribution in [0.4, 0.5) is 17.6 Å². The lowest BCUT2D eigenvalue weighted by molar-refractivity contribution is 0.966. The van der Waals surface area contributed by atoms with Crippen LogP contribution in [0, 0.1) is 0 Å². The van der Waals surface area contributed by atoms with Crippen molar-refractivity contribution in [2.45, 2.75) is 18.8 Å². The van der Waals surface area contributed by atoms with Gasteiger partial charge in [-0.1, -0.05) is 12.1 Å². The Bertz CT molecular complexity index is 774. The lowest BCUT2D eigenvalue weighted by atomic mass is 10.2. The average molecular weight is 266 g/mol. The largest absolute Gasteiger partial charge is 0.368 e. The van der Waals surface area contributed by atoms with Crippen LogP contribution >= 0.6 is 0 Å². The molecule has 1 aromatic carbocycles. The third kappa shape index (κ3) is 1.95. The zero-order valence-electron chi connectivity index (χ0n) is 10.8. The maximum absolute atomic E-state index is 5.75. The van der Waals surface area contributed by atoms with Crippen molar-refractivity contribution in [3.63, 3.8) is 0 Å². The summed E-state index contributed by atoms with van der Waals surface area (Å²) in [4.78, 5) is 8.49. The molecule has 4 rings (SSSR count). The van der Waals surface area contributed by atoms with E-state index in [0.29, 0.717) is 11.7 Å². The molecule has 0 radical (unpaired) electrons. The molecular formula is C14H14N6. The lowest BCUT2D eigenvalue weighted by Gasteiger charge is -2.06.